The first-order valence-corrected chi connectivity index (χ1v) is 12.4. The summed E-state index contributed by atoms with van der Waals surface area (Å²) in [5, 5.41) is 9.49. The maximum absolute atomic E-state index is 13.5. The molecule has 0 radical (unpaired) electrons. The van der Waals surface area contributed by atoms with Crippen LogP contribution in [0.5, 0.6) is 5.75 Å². The first kappa shape index (κ1) is 22.8. The molecule has 7 aromatic rings. The van der Waals surface area contributed by atoms with Gasteiger partial charge in [0.2, 0.25) is 0 Å². The van der Waals surface area contributed by atoms with Crippen LogP contribution >= 0.6 is 0 Å². The average molecular weight is 513 g/mol. The number of H-pyrrole nitrogens is 2. The molecule has 5 heterocycles. The quantitative estimate of drug-likeness (QED) is 0.252. The van der Waals surface area contributed by atoms with Crippen molar-refractivity contribution in [1.82, 2.24) is 30.1 Å². The lowest BCUT2D eigenvalue weighted by Gasteiger charge is -2.08. The minimum atomic E-state index is -0.269. The normalized spacial score (nSPS) is 11.3. The summed E-state index contributed by atoms with van der Waals surface area (Å²) in [6.45, 7) is 0.457. The fraction of sp³-hybridized carbons (Fsp3) is 0.0323. The average Bonchev–Trinajstić information content (AvgIpc) is 3.61. The number of nitrogens with one attached hydrogen (secondary N) is 2. The van der Waals surface area contributed by atoms with E-state index >= 15 is 0 Å². The van der Waals surface area contributed by atoms with Crippen LogP contribution in [0.4, 0.5) is 4.39 Å². The summed E-state index contributed by atoms with van der Waals surface area (Å²) >= 11 is 0. The van der Waals surface area contributed by atoms with Crippen LogP contribution in [0.3, 0.4) is 0 Å². The third-order valence-corrected chi connectivity index (χ3v) is 6.65. The van der Waals surface area contributed by atoms with Crippen LogP contribution in [0.2, 0.25) is 0 Å². The van der Waals surface area contributed by atoms with Crippen molar-refractivity contribution in [2.75, 3.05) is 0 Å². The number of fused-ring (bicyclic) bond motifs is 2. The third kappa shape index (κ3) is 4.38. The third-order valence-electron chi connectivity index (χ3n) is 6.65. The Hall–Kier alpha value is -5.37. The van der Waals surface area contributed by atoms with Gasteiger partial charge >= 0.3 is 0 Å². The molecule has 0 amide bonds. The molecule has 0 unspecified atom stereocenters. The lowest BCUT2D eigenvalue weighted by molar-refractivity contribution is 0.305. The highest BCUT2D eigenvalue weighted by molar-refractivity contribution is 6.00. The van der Waals surface area contributed by atoms with Crippen LogP contribution in [0.25, 0.3) is 55.7 Å². The molecule has 7 rings (SSSR count). The molecule has 5 aromatic heterocycles. The summed E-state index contributed by atoms with van der Waals surface area (Å²) in [6, 6.07) is 24.3. The van der Waals surface area contributed by atoms with E-state index in [1.165, 1.54) is 12.1 Å². The smallest absolute Gasteiger partial charge is 0.138 e. The van der Waals surface area contributed by atoms with E-state index in [4.69, 9.17) is 4.74 Å². The van der Waals surface area contributed by atoms with E-state index in [-0.39, 0.29) is 5.82 Å². The molecule has 7 nitrogen and oxygen atoms in total. The number of halogens is 1. The highest BCUT2D eigenvalue weighted by Gasteiger charge is 2.16. The highest BCUT2D eigenvalue weighted by atomic mass is 19.1. The molecule has 0 aliphatic carbocycles. The van der Waals surface area contributed by atoms with E-state index < -0.39 is 0 Å². The topological polar surface area (TPSA) is 92.4 Å². The number of hydrogen-bond donors (Lipinski definition) is 2. The Balaban J connectivity index is 1.24. The van der Waals surface area contributed by atoms with Crippen LogP contribution < -0.4 is 4.74 Å². The van der Waals surface area contributed by atoms with Gasteiger partial charge in [-0.3, -0.25) is 15.1 Å². The summed E-state index contributed by atoms with van der Waals surface area (Å²) < 4.78 is 19.5. The summed E-state index contributed by atoms with van der Waals surface area (Å²) in [5.41, 5.74) is 7.65. The summed E-state index contributed by atoms with van der Waals surface area (Å²) in [6.07, 6.45) is 6.98. The molecule has 188 valence electrons. The minimum absolute atomic E-state index is 0.269. The van der Waals surface area contributed by atoms with Gasteiger partial charge in [-0.15, -0.1) is 0 Å². The van der Waals surface area contributed by atoms with Crippen molar-refractivity contribution in [2.24, 2.45) is 0 Å². The fourth-order valence-corrected chi connectivity index (χ4v) is 4.69. The van der Waals surface area contributed by atoms with Crippen LogP contribution in [0.15, 0.2) is 104 Å². The first-order valence-electron chi connectivity index (χ1n) is 12.4. The van der Waals surface area contributed by atoms with Gasteiger partial charge in [-0.25, -0.2) is 9.37 Å². The molecule has 39 heavy (non-hydrogen) atoms. The number of nitrogens with zero attached hydrogens (tertiary/aromatic N) is 4. The van der Waals surface area contributed by atoms with E-state index in [1.54, 1.807) is 36.9 Å². The van der Waals surface area contributed by atoms with Crippen molar-refractivity contribution in [2.45, 2.75) is 6.61 Å². The second-order valence-electron chi connectivity index (χ2n) is 9.18. The van der Waals surface area contributed by atoms with Crippen molar-refractivity contribution in [1.29, 1.82) is 0 Å². The summed E-state index contributed by atoms with van der Waals surface area (Å²) in [4.78, 5) is 16.9. The second kappa shape index (κ2) is 9.50. The monoisotopic (exact) mass is 512 g/mol. The lowest BCUT2D eigenvalue weighted by atomic mass is 10.0. The molecule has 0 spiro atoms. The van der Waals surface area contributed by atoms with E-state index in [0.717, 1.165) is 61.3 Å². The SMILES string of the molecule is Fc1ccc(-c2ccnc3[nH]c(-c4n[nH]c5cnc(-c6cncc(OCc7ccccc7)c6)cc45)cc23)cc1. The number of aromatic amines is 2. The van der Waals surface area contributed by atoms with Crippen molar-refractivity contribution < 1.29 is 9.13 Å². The van der Waals surface area contributed by atoms with Crippen molar-refractivity contribution in [3.05, 3.63) is 115 Å². The number of benzene rings is 2. The molecule has 0 aliphatic rings. The van der Waals surface area contributed by atoms with Crippen LogP contribution in [-0.2, 0) is 6.61 Å². The van der Waals surface area contributed by atoms with Crippen LogP contribution in [-0.4, -0.2) is 30.1 Å². The largest absolute Gasteiger partial charge is 0.487 e. The molecule has 0 saturated carbocycles. The summed E-state index contributed by atoms with van der Waals surface area (Å²) in [7, 11) is 0. The van der Waals surface area contributed by atoms with E-state index in [0.29, 0.717) is 12.4 Å². The Labute approximate surface area is 222 Å². The van der Waals surface area contributed by atoms with Gasteiger partial charge in [-0.05, 0) is 53.1 Å². The van der Waals surface area contributed by atoms with Crippen molar-refractivity contribution in [3.8, 4) is 39.5 Å². The molecule has 0 saturated heterocycles. The number of rotatable bonds is 6. The van der Waals surface area contributed by atoms with E-state index in [9.17, 15) is 4.39 Å². The zero-order valence-electron chi connectivity index (χ0n) is 20.6. The molecular formula is C31H21FN6O. The highest BCUT2D eigenvalue weighted by Crippen LogP contribution is 2.34. The van der Waals surface area contributed by atoms with E-state index in [2.05, 4.69) is 30.1 Å². The van der Waals surface area contributed by atoms with Crippen molar-refractivity contribution in [3.63, 3.8) is 0 Å². The predicted octanol–water partition coefficient (Wildman–Crippen LogP) is 6.95. The van der Waals surface area contributed by atoms with Crippen molar-refractivity contribution >= 4 is 21.9 Å². The Morgan fingerprint density at radius 3 is 2.54 bits per heavy atom. The minimum Gasteiger partial charge on any atom is -0.487 e. The van der Waals surface area contributed by atoms with Gasteiger partial charge in [0.1, 0.15) is 29.5 Å². The van der Waals surface area contributed by atoms with Crippen LogP contribution in [0.1, 0.15) is 5.56 Å². The lowest BCUT2D eigenvalue weighted by Crippen LogP contribution is -1.96. The number of pyridine rings is 3. The molecule has 0 fully saturated rings. The second-order valence-corrected chi connectivity index (χ2v) is 9.18. The molecule has 2 N–H and O–H groups in total. The van der Waals surface area contributed by atoms with Gasteiger partial charge in [0.15, 0.2) is 0 Å². The van der Waals surface area contributed by atoms with E-state index in [1.807, 2.05) is 54.6 Å². The number of ether oxygens (including phenoxy) is 1. The molecule has 8 heteroatoms. The van der Waals surface area contributed by atoms with Crippen LogP contribution in [0, 0.1) is 5.82 Å². The number of hydrogen-bond acceptors (Lipinski definition) is 5. The molecule has 0 atom stereocenters. The van der Waals surface area contributed by atoms with Gasteiger partial charge in [0, 0.05) is 28.7 Å². The zero-order chi connectivity index (χ0) is 26.2. The van der Waals surface area contributed by atoms with Gasteiger partial charge < -0.3 is 9.72 Å². The Morgan fingerprint density at radius 2 is 1.67 bits per heavy atom. The maximum atomic E-state index is 13.5. The molecule has 0 aliphatic heterocycles. The summed E-state index contributed by atoms with van der Waals surface area (Å²) in [5.74, 6) is 0.399. The standard InChI is InChI=1S/C31H21FN6O/c32-22-8-6-20(7-9-22)24-10-11-34-31-25(24)13-28(36-31)30-26-14-27(35-17-29(26)37-38-30)21-12-23(16-33-15-21)39-18-19-4-2-1-3-5-19/h1-17H,18H2,(H,34,36)(H,37,38). The molecule has 2 aromatic carbocycles. The fourth-order valence-electron chi connectivity index (χ4n) is 4.69. The van der Waals surface area contributed by atoms with Gasteiger partial charge in [-0.1, -0.05) is 42.5 Å². The predicted molar refractivity (Wildman–Crippen MR) is 148 cm³/mol. The zero-order valence-corrected chi connectivity index (χ0v) is 20.6. The number of aromatic nitrogens is 6. The maximum Gasteiger partial charge on any atom is 0.138 e. The Morgan fingerprint density at radius 1 is 0.795 bits per heavy atom. The Bertz CT molecular complexity index is 1930. The Kier molecular flexibility index (Phi) is 5.55. The van der Waals surface area contributed by atoms with Gasteiger partial charge in [0.25, 0.3) is 0 Å². The first-order chi connectivity index (χ1) is 19.2. The molecular weight excluding hydrogens is 491 g/mol. The molecule has 0 bridgehead atoms. The van der Waals surface area contributed by atoms with Gasteiger partial charge in [-0.2, -0.15) is 5.10 Å². The van der Waals surface area contributed by atoms with Gasteiger partial charge in [0.05, 0.1) is 29.3 Å².